The number of hydrogen-bond acceptors (Lipinski definition) is 4. The van der Waals surface area contributed by atoms with Crippen LogP contribution in [0.15, 0.2) is 42.9 Å². The van der Waals surface area contributed by atoms with Crippen LogP contribution >= 0.6 is 0 Å². The van der Waals surface area contributed by atoms with Gasteiger partial charge in [0.1, 0.15) is 5.52 Å². The van der Waals surface area contributed by atoms with E-state index in [4.69, 9.17) is 5.73 Å². The number of rotatable bonds is 2. The van der Waals surface area contributed by atoms with Crippen LogP contribution in [0.5, 0.6) is 0 Å². The lowest BCUT2D eigenvalue weighted by atomic mass is 10.2. The summed E-state index contributed by atoms with van der Waals surface area (Å²) >= 11 is 0. The average molecular weight is 225 g/mol. The molecule has 1 aromatic carbocycles. The van der Waals surface area contributed by atoms with E-state index < -0.39 is 0 Å². The largest absolute Gasteiger partial charge is 0.368 e. The lowest BCUT2D eigenvalue weighted by Crippen LogP contribution is -2.01. The zero-order chi connectivity index (χ0) is 11.7. The van der Waals surface area contributed by atoms with Gasteiger partial charge in [0.25, 0.3) is 0 Å². The van der Waals surface area contributed by atoms with Crippen molar-refractivity contribution in [2.75, 3.05) is 5.73 Å². The molecule has 0 fully saturated rings. The van der Waals surface area contributed by atoms with Crippen molar-refractivity contribution < 1.29 is 0 Å². The van der Waals surface area contributed by atoms with Gasteiger partial charge in [-0.15, -0.1) is 0 Å². The van der Waals surface area contributed by atoms with Crippen LogP contribution in [0.4, 0.5) is 5.95 Å². The molecule has 3 rings (SSSR count). The molecule has 5 nitrogen and oxygen atoms in total. The Balaban J connectivity index is 2.03. The fourth-order valence-corrected chi connectivity index (χ4v) is 1.76. The number of imidazole rings is 1. The standard InChI is InChI=1S/C12H11N5/c13-12-14-6-10-11(16-12)17(8-15-10)7-9-4-2-1-3-5-9/h1-6,8H,7H2,(H2,13,14,16). The van der Waals surface area contributed by atoms with Gasteiger partial charge in [-0.05, 0) is 5.56 Å². The van der Waals surface area contributed by atoms with Crippen LogP contribution in [0.2, 0.25) is 0 Å². The molecule has 0 aliphatic rings. The molecule has 0 unspecified atom stereocenters. The zero-order valence-corrected chi connectivity index (χ0v) is 9.11. The maximum absolute atomic E-state index is 5.58. The van der Waals surface area contributed by atoms with Crippen LogP contribution in [0.3, 0.4) is 0 Å². The summed E-state index contributed by atoms with van der Waals surface area (Å²) in [6, 6.07) is 10.2. The van der Waals surface area contributed by atoms with Gasteiger partial charge in [0.05, 0.1) is 19.1 Å². The minimum atomic E-state index is 0.271. The highest BCUT2D eigenvalue weighted by atomic mass is 15.1. The van der Waals surface area contributed by atoms with Crippen LogP contribution in [0.1, 0.15) is 5.56 Å². The number of anilines is 1. The van der Waals surface area contributed by atoms with Crippen molar-refractivity contribution in [3.8, 4) is 0 Å². The van der Waals surface area contributed by atoms with Crippen molar-refractivity contribution in [2.24, 2.45) is 0 Å². The molecule has 5 heteroatoms. The van der Waals surface area contributed by atoms with Gasteiger partial charge in [-0.1, -0.05) is 30.3 Å². The summed E-state index contributed by atoms with van der Waals surface area (Å²) in [5, 5.41) is 0. The van der Waals surface area contributed by atoms with E-state index in [0.717, 1.165) is 17.7 Å². The Labute approximate surface area is 98.0 Å². The monoisotopic (exact) mass is 225 g/mol. The minimum absolute atomic E-state index is 0.271. The van der Waals surface area contributed by atoms with Crippen molar-refractivity contribution in [3.05, 3.63) is 48.4 Å². The second kappa shape index (κ2) is 3.86. The normalized spacial score (nSPS) is 10.8. The molecule has 0 amide bonds. The first-order valence-electron chi connectivity index (χ1n) is 5.30. The van der Waals surface area contributed by atoms with Gasteiger partial charge in [-0.3, -0.25) is 0 Å². The number of fused-ring (bicyclic) bond motifs is 1. The first-order valence-corrected chi connectivity index (χ1v) is 5.30. The van der Waals surface area contributed by atoms with Crippen LogP contribution in [0.25, 0.3) is 11.2 Å². The van der Waals surface area contributed by atoms with Crippen molar-refractivity contribution in [2.45, 2.75) is 6.54 Å². The van der Waals surface area contributed by atoms with E-state index in [1.807, 2.05) is 22.8 Å². The molecule has 0 saturated heterocycles. The van der Waals surface area contributed by atoms with Gasteiger partial charge in [-0.25, -0.2) is 9.97 Å². The summed E-state index contributed by atoms with van der Waals surface area (Å²) in [7, 11) is 0. The first kappa shape index (κ1) is 9.77. The minimum Gasteiger partial charge on any atom is -0.368 e. The second-order valence-electron chi connectivity index (χ2n) is 3.80. The molecule has 17 heavy (non-hydrogen) atoms. The molecular formula is C12H11N5. The number of aromatic nitrogens is 4. The van der Waals surface area contributed by atoms with Gasteiger partial charge >= 0.3 is 0 Å². The number of nitrogens with two attached hydrogens (primary N) is 1. The van der Waals surface area contributed by atoms with Gasteiger partial charge in [0.2, 0.25) is 5.95 Å². The molecular weight excluding hydrogens is 214 g/mol. The number of hydrogen-bond donors (Lipinski definition) is 1. The highest BCUT2D eigenvalue weighted by Gasteiger charge is 2.05. The summed E-state index contributed by atoms with van der Waals surface area (Å²) in [5.74, 6) is 0.271. The molecule has 0 spiro atoms. The third kappa shape index (κ3) is 1.82. The van der Waals surface area contributed by atoms with Crippen LogP contribution in [-0.2, 0) is 6.54 Å². The predicted molar refractivity (Wildman–Crippen MR) is 65.3 cm³/mol. The summed E-state index contributed by atoms with van der Waals surface area (Å²) in [6.45, 7) is 0.730. The van der Waals surface area contributed by atoms with Crippen molar-refractivity contribution >= 4 is 17.1 Å². The van der Waals surface area contributed by atoms with Gasteiger partial charge in [-0.2, -0.15) is 4.98 Å². The van der Waals surface area contributed by atoms with Crippen molar-refractivity contribution in [1.82, 2.24) is 19.5 Å². The third-order valence-electron chi connectivity index (χ3n) is 2.57. The Morgan fingerprint density at radius 2 is 1.94 bits per heavy atom. The number of nitrogens with zero attached hydrogens (tertiary/aromatic N) is 4. The van der Waals surface area contributed by atoms with Crippen LogP contribution in [-0.4, -0.2) is 19.5 Å². The molecule has 2 heterocycles. The Morgan fingerprint density at radius 1 is 1.12 bits per heavy atom. The van der Waals surface area contributed by atoms with E-state index >= 15 is 0 Å². The summed E-state index contributed by atoms with van der Waals surface area (Å²) < 4.78 is 1.96. The smallest absolute Gasteiger partial charge is 0.222 e. The lowest BCUT2D eigenvalue weighted by molar-refractivity contribution is 0.814. The Bertz CT molecular complexity index is 644. The predicted octanol–water partition coefficient (Wildman–Crippen LogP) is 1.46. The van der Waals surface area contributed by atoms with E-state index in [9.17, 15) is 0 Å². The van der Waals surface area contributed by atoms with E-state index in [2.05, 4.69) is 27.1 Å². The van der Waals surface area contributed by atoms with Crippen molar-refractivity contribution in [3.63, 3.8) is 0 Å². The third-order valence-corrected chi connectivity index (χ3v) is 2.57. The van der Waals surface area contributed by atoms with E-state index in [-0.39, 0.29) is 5.95 Å². The quantitative estimate of drug-likeness (QED) is 0.716. The van der Waals surface area contributed by atoms with Gasteiger partial charge in [0, 0.05) is 0 Å². The molecule has 0 bridgehead atoms. The molecule has 0 radical (unpaired) electrons. The Morgan fingerprint density at radius 3 is 2.76 bits per heavy atom. The van der Waals surface area contributed by atoms with Crippen LogP contribution < -0.4 is 5.73 Å². The second-order valence-corrected chi connectivity index (χ2v) is 3.80. The van der Waals surface area contributed by atoms with Crippen LogP contribution in [0, 0.1) is 0 Å². The number of nitrogen functional groups attached to an aromatic ring is 1. The molecule has 2 N–H and O–H groups in total. The van der Waals surface area contributed by atoms with E-state index in [0.29, 0.717) is 0 Å². The highest BCUT2D eigenvalue weighted by Crippen LogP contribution is 2.12. The lowest BCUT2D eigenvalue weighted by Gasteiger charge is -2.03. The molecule has 0 saturated carbocycles. The summed E-state index contributed by atoms with van der Waals surface area (Å²) in [5.41, 5.74) is 8.30. The molecule has 3 aromatic rings. The maximum atomic E-state index is 5.58. The fourth-order valence-electron chi connectivity index (χ4n) is 1.76. The van der Waals surface area contributed by atoms with Crippen molar-refractivity contribution in [1.29, 1.82) is 0 Å². The summed E-state index contributed by atoms with van der Waals surface area (Å²) in [6.07, 6.45) is 3.39. The zero-order valence-electron chi connectivity index (χ0n) is 9.11. The Hall–Kier alpha value is -2.43. The molecule has 2 aromatic heterocycles. The van der Waals surface area contributed by atoms with Gasteiger partial charge < -0.3 is 10.3 Å². The highest BCUT2D eigenvalue weighted by molar-refractivity contribution is 5.70. The Kier molecular flexibility index (Phi) is 2.22. The summed E-state index contributed by atoms with van der Waals surface area (Å²) in [4.78, 5) is 12.4. The molecule has 84 valence electrons. The van der Waals surface area contributed by atoms with E-state index in [1.54, 1.807) is 12.5 Å². The molecule has 0 aliphatic heterocycles. The topological polar surface area (TPSA) is 69.6 Å². The van der Waals surface area contributed by atoms with Gasteiger partial charge in [0.15, 0.2) is 5.65 Å². The van der Waals surface area contributed by atoms with E-state index in [1.165, 1.54) is 5.56 Å². The molecule has 0 atom stereocenters. The maximum Gasteiger partial charge on any atom is 0.222 e. The first-order chi connectivity index (χ1) is 8.33. The molecule has 0 aliphatic carbocycles. The average Bonchev–Trinajstić information content (AvgIpc) is 2.73. The number of benzene rings is 1. The fraction of sp³-hybridized carbons (Fsp3) is 0.0833. The SMILES string of the molecule is Nc1ncc2ncn(Cc3ccccc3)c2n1.